The van der Waals surface area contributed by atoms with E-state index in [1.807, 2.05) is 0 Å². The molecule has 2 rings (SSSR count). The Bertz CT molecular complexity index is 698. The molecule has 1 N–H and O–H groups in total. The molecule has 5 nitrogen and oxygen atoms in total. The summed E-state index contributed by atoms with van der Waals surface area (Å²) in [5.74, 6) is -1.14. The standard InChI is InChI=1S/C12H9ClF3N3O2/c1-6-9(5-11(20)21)17-18-19(6)10-3-2-7(13)4-8(10)12(14,15)16/h2-4H,5H2,1H3,(H,20,21). The summed E-state index contributed by atoms with van der Waals surface area (Å²) in [6, 6.07) is 3.25. The van der Waals surface area contributed by atoms with E-state index >= 15 is 0 Å². The predicted octanol–water partition coefficient (Wildman–Crippen LogP) is 2.88. The smallest absolute Gasteiger partial charge is 0.418 e. The Labute approximate surface area is 121 Å². The van der Waals surface area contributed by atoms with Crippen molar-refractivity contribution in [1.29, 1.82) is 0 Å². The molecule has 0 fully saturated rings. The maximum Gasteiger partial charge on any atom is 0.418 e. The molecule has 0 saturated carbocycles. The molecule has 0 atom stereocenters. The molecule has 112 valence electrons. The minimum Gasteiger partial charge on any atom is -0.481 e. The summed E-state index contributed by atoms with van der Waals surface area (Å²) in [5.41, 5.74) is -0.894. The number of hydrogen-bond acceptors (Lipinski definition) is 3. The Hall–Kier alpha value is -2.09. The number of aromatic nitrogens is 3. The van der Waals surface area contributed by atoms with Gasteiger partial charge in [-0.3, -0.25) is 4.79 Å². The highest BCUT2D eigenvalue weighted by Crippen LogP contribution is 2.35. The van der Waals surface area contributed by atoms with Crippen molar-refractivity contribution in [2.45, 2.75) is 19.5 Å². The molecule has 0 radical (unpaired) electrons. The number of carboxylic acid groups (broad SMARTS) is 1. The van der Waals surface area contributed by atoms with Gasteiger partial charge in [-0.2, -0.15) is 13.2 Å². The number of nitrogens with zero attached hydrogens (tertiary/aromatic N) is 3. The molecule has 21 heavy (non-hydrogen) atoms. The summed E-state index contributed by atoms with van der Waals surface area (Å²) >= 11 is 5.60. The van der Waals surface area contributed by atoms with Crippen molar-refractivity contribution in [2.24, 2.45) is 0 Å². The van der Waals surface area contributed by atoms with Gasteiger partial charge in [0.15, 0.2) is 0 Å². The lowest BCUT2D eigenvalue weighted by molar-refractivity contribution is -0.138. The maximum atomic E-state index is 13.0. The lowest BCUT2D eigenvalue weighted by Gasteiger charge is -2.13. The van der Waals surface area contributed by atoms with E-state index in [9.17, 15) is 18.0 Å². The SMILES string of the molecule is Cc1c(CC(=O)O)nnn1-c1ccc(Cl)cc1C(F)(F)F. The third kappa shape index (κ3) is 3.15. The molecule has 2 aromatic rings. The van der Waals surface area contributed by atoms with Gasteiger partial charge in [0.1, 0.15) is 0 Å². The van der Waals surface area contributed by atoms with E-state index in [4.69, 9.17) is 16.7 Å². The molecule has 0 saturated heterocycles. The van der Waals surface area contributed by atoms with Crippen LogP contribution < -0.4 is 0 Å². The quantitative estimate of drug-likeness (QED) is 0.944. The molecule has 9 heteroatoms. The van der Waals surface area contributed by atoms with E-state index in [1.165, 1.54) is 13.0 Å². The third-order valence-corrected chi connectivity index (χ3v) is 3.04. The van der Waals surface area contributed by atoms with Crippen LogP contribution >= 0.6 is 11.6 Å². The number of hydrogen-bond donors (Lipinski definition) is 1. The first kappa shape index (κ1) is 15.3. The van der Waals surface area contributed by atoms with Crippen molar-refractivity contribution >= 4 is 17.6 Å². The first-order chi connectivity index (χ1) is 9.70. The van der Waals surface area contributed by atoms with Crippen LogP contribution in [0.5, 0.6) is 0 Å². The van der Waals surface area contributed by atoms with Crippen molar-refractivity contribution in [3.8, 4) is 5.69 Å². The number of carboxylic acids is 1. The fourth-order valence-electron chi connectivity index (χ4n) is 1.82. The van der Waals surface area contributed by atoms with Crippen LogP contribution in [0.4, 0.5) is 13.2 Å². The Kier molecular flexibility index (Phi) is 3.91. The minimum absolute atomic E-state index is 0.0606. The second-order valence-corrected chi connectivity index (χ2v) is 4.70. The zero-order valence-electron chi connectivity index (χ0n) is 10.6. The van der Waals surface area contributed by atoms with Crippen LogP contribution in [0.1, 0.15) is 17.0 Å². The molecule has 0 aliphatic carbocycles. The van der Waals surface area contributed by atoms with Gasteiger partial charge >= 0.3 is 12.1 Å². The summed E-state index contributed by atoms with van der Waals surface area (Å²) in [7, 11) is 0. The van der Waals surface area contributed by atoms with Crippen LogP contribution in [-0.4, -0.2) is 26.1 Å². The summed E-state index contributed by atoms with van der Waals surface area (Å²) < 4.78 is 40.1. The first-order valence-electron chi connectivity index (χ1n) is 5.70. The highest BCUT2D eigenvalue weighted by molar-refractivity contribution is 6.30. The average Bonchev–Trinajstić information content (AvgIpc) is 2.69. The monoisotopic (exact) mass is 319 g/mol. The minimum atomic E-state index is -4.62. The highest BCUT2D eigenvalue weighted by Gasteiger charge is 2.35. The molecule has 0 aliphatic heterocycles. The molecule has 0 amide bonds. The number of rotatable bonds is 3. The number of carbonyl (C=O) groups is 1. The average molecular weight is 320 g/mol. The van der Waals surface area contributed by atoms with Gasteiger partial charge in [-0.05, 0) is 25.1 Å². The fraction of sp³-hybridized carbons (Fsp3) is 0.250. The molecule has 0 bridgehead atoms. The normalized spacial score (nSPS) is 11.7. The topological polar surface area (TPSA) is 68.0 Å². The van der Waals surface area contributed by atoms with Crippen LogP contribution in [0.15, 0.2) is 18.2 Å². The number of halogens is 4. The van der Waals surface area contributed by atoms with Crippen LogP contribution in [0, 0.1) is 6.92 Å². The van der Waals surface area contributed by atoms with Gasteiger partial charge in [0.2, 0.25) is 0 Å². The van der Waals surface area contributed by atoms with Crippen molar-refractivity contribution in [3.63, 3.8) is 0 Å². The van der Waals surface area contributed by atoms with Gasteiger partial charge in [0.25, 0.3) is 0 Å². The molecule has 0 unspecified atom stereocenters. The van der Waals surface area contributed by atoms with E-state index < -0.39 is 24.1 Å². The van der Waals surface area contributed by atoms with E-state index in [1.54, 1.807) is 0 Å². The zero-order valence-corrected chi connectivity index (χ0v) is 11.4. The largest absolute Gasteiger partial charge is 0.481 e. The summed E-state index contributed by atoms with van der Waals surface area (Å²) in [6.07, 6.45) is -5.04. The summed E-state index contributed by atoms with van der Waals surface area (Å²) in [5, 5.41) is 15.9. The second kappa shape index (κ2) is 5.36. The highest BCUT2D eigenvalue weighted by atomic mass is 35.5. The lowest BCUT2D eigenvalue weighted by atomic mass is 10.1. The molecular weight excluding hydrogens is 311 g/mol. The van der Waals surface area contributed by atoms with Crippen LogP contribution in [-0.2, 0) is 17.4 Å². The van der Waals surface area contributed by atoms with Crippen LogP contribution in [0.25, 0.3) is 5.69 Å². The van der Waals surface area contributed by atoms with Crippen molar-refractivity contribution in [3.05, 3.63) is 40.2 Å². The van der Waals surface area contributed by atoms with E-state index in [-0.39, 0.29) is 22.1 Å². The first-order valence-corrected chi connectivity index (χ1v) is 6.08. The number of aliphatic carboxylic acids is 1. The Balaban J connectivity index is 2.58. The van der Waals surface area contributed by atoms with Gasteiger partial charge in [-0.15, -0.1) is 5.10 Å². The third-order valence-electron chi connectivity index (χ3n) is 2.80. The van der Waals surface area contributed by atoms with Crippen molar-refractivity contribution in [2.75, 3.05) is 0 Å². The molecular formula is C12H9ClF3N3O2. The number of alkyl halides is 3. The molecule has 1 heterocycles. The van der Waals surface area contributed by atoms with Gasteiger partial charge in [0.05, 0.1) is 29.1 Å². The number of benzene rings is 1. The molecule has 1 aromatic heterocycles. The molecule has 0 spiro atoms. The van der Waals surface area contributed by atoms with E-state index in [0.29, 0.717) is 0 Å². The van der Waals surface area contributed by atoms with Crippen molar-refractivity contribution in [1.82, 2.24) is 15.0 Å². The maximum absolute atomic E-state index is 13.0. The Morgan fingerprint density at radius 2 is 2.10 bits per heavy atom. The van der Waals surface area contributed by atoms with Gasteiger partial charge in [0, 0.05) is 5.02 Å². The van der Waals surface area contributed by atoms with Gasteiger partial charge in [-0.25, -0.2) is 4.68 Å². The lowest BCUT2D eigenvalue weighted by Crippen LogP contribution is -2.12. The van der Waals surface area contributed by atoms with Gasteiger partial charge < -0.3 is 5.11 Å². The Morgan fingerprint density at radius 1 is 1.43 bits per heavy atom. The van der Waals surface area contributed by atoms with E-state index in [0.717, 1.165) is 16.8 Å². The van der Waals surface area contributed by atoms with Gasteiger partial charge in [-0.1, -0.05) is 16.8 Å². The fourth-order valence-corrected chi connectivity index (χ4v) is 1.99. The summed E-state index contributed by atoms with van der Waals surface area (Å²) in [6.45, 7) is 1.45. The van der Waals surface area contributed by atoms with E-state index in [2.05, 4.69) is 10.3 Å². The Morgan fingerprint density at radius 3 is 2.67 bits per heavy atom. The molecule has 0 aliphatic rings. The predicted molar refractivity (Wildman–Crippen MR) is 67.4 cm³/mol. The van der Waals surface area contributed by atoms with Crippen LogP contribution in [0.3, 0.4) is 0 Å². The van der Waals surface area contributed by atoms with Crippen molar-refractivity contribution < 1.29 is 23.1 Å². The zero-order chi connectivity index (χ0) is 15.8. The second-order valence-electron chi connectivity index (χ2n) is 4.26. The summed E-state index contributed by atoms with van der Waals surface area (Å²) in [4.78, 5) is 10.7. The molecule has 1 aromatic carbocycles. The van der Waals surface area contributed by atoms with Crippen LogP contribution in [0.2, 0.25) is 5.02 Å².